The van der Waals surface area contributed by atoms with Crippen LogP contribution in [0.5, 0.6) is 5.75 Å². The van der Waals surface area contributed by atoms with E-state index in [0.717, 1.165) is 10.0 Å². The molecule has 4 heteroatoms. The number of nitrogens with one attached hydrogen (secondary N) is 1. The smallest absolute Gasteiger partial charge is 0.258 e. The average Bonchev–Trinajstić information content (AvgIpc) is 2.53. The molecule has 2 aromatic rings. The molecule has 25 heavy (non-hydrogen) atoms. The summed E-state index contributed by atoms with van der Waals surface area (Å²) in [5.41, 5.74) is 3.56. The summed E-state index contributed by atoms with van der Waals surface area (Å²) < 4.78 is 6.52. The van der Waals surface area contributed by atoms with Crippen molar-refractivity contribution in [1.82, 2.24) is 5.32 Å². The Bertz CT molecular complexity index is 733. The third-order valence-corrected chi connectivity index (χ3v) is 4.73. The number of carbonyl (C=O) groups excluding carboxylic acids is 1. The molecular weight excluding hydrogens is 378 g/mol. The molecule has 3 nitrogen and oxygen atoms in total. The minimum absolute atomic E-state index is 0.0103. The predicted molar refractivity (Wildman–Crippen MR) is 106 cm³/mol. The third kappa shape index (κ3) is 5.60. The SMILES string of the molecule is Cc1ccc([C@@H](C)NC(=O)COc2ccc(C(C)(C)C)cc2Br)cc1. The molecule has 0 aliphatic carbocycles. The second-order valence-corrected chi connectivity index (χ2v) is 8.24. The summed E-state index contributed by atoms with van der Waals surface area (Å²) in [5.74, 6) is 0.533. The number of benzene rings is 2. The summed E-state index contributed by atoms with van der Waals surface area (Å²) in [6.07, 6.45) is 0. The first-order chi connectivity index (χ1) is 11.7. The Balaban J connectivity index is 1.92. The van der Waals surface area contributed by atoms with E-state index in [1.807, 2.05) is 56.3 Å². The van der Waals surface area contributed by atoms with Gasteiger partial charge in [-0.3, -0.25) is 4.79 Å². The van der Waals surface area contributed by atoms with Crippen LogP contribution in [0.2, 0.25) is 0 Å². The number of carbonyl (C=O) groups is 1. The van der Waals surface area contributed by atoms with Gasteiger partial charge in [0.2, 0.25) is 0 Å². The van der Waals surface area contributed by atoms with Crippen molar-refractivity contribution in [2.75, 3.05) is 6.61 Å². The van der Waals surface area contributed by atoms with Crippen LogP contribution in [0.3, 0.4) is 0 Å². The van der Waals surface area contributed by atoms with E-state index in [2.05, 4.69) is 42.0 Å². The van der Waals surface area contributed by atoms with Crippen molar-refractivity contribution >= 4 is 21.8 Å². The van der Waals surface area contributed by atoms with E-state index in [1.165, 1.54) is 11.1 Å². The number of aryl methyl sites for hydroxylation is 1. The van der Waals surface area contributed by atoms with E-state index in [0.29, 0.717) is 5.75 Å². The molecule has 1 N–H and O–H groups in total. The van der Waals surface area contributed by atoms with Gasteiger partial charge in [0, 0.05) is 0 Å². The molecular formula is C21H26BrNO2. The van der Waals surface area contributed by atoms with E-state index in [4.69, 9.17) is 4.74 Å². The number of hydrogen-bond donors (Lipinski definition) is 1. The van der Waals surface area contributed by atoms with Crippen LogP contribution in [0.25, 0.3) is 0 Å². The van der Waals surface area contributed by atoms with Gasteiger partial charge >= 0.3 is 0 Å². The van der Waals surface area contributed by atoms with E-state index in [9.17, 15) is 4.79 Å². The maximum Gasteiger partial charge on any atom is 0.258 e. The topological polar surface area (TPSA) is 38.3 Å². The summed E-state index contributed by atoms with van der Waals surface area (Å²) in [5, 5.41) is 2.96. The lowest BCUT2D eigenvalue weighted by Gasteiger charge is -2.20. The zero-order valence-electron chi connectivity index (χ0n) is 15.5. The molecule has 0 aromatic heterocycles. The summed E-state index contributed by atoms with van der Waals surface area (Å²) >= 11 is 3.53. The molecule has 1 atom stereocenters. The number of amides is 1. The van der Waals surface area contributed by atoms with Gasteiger partial charge in [-0.25, -0.2) is 0 Å². The minimum Gasteiger partial charge on any atom is -0.483 e. The van der Waals surface area contributed by atoms with Crippen LogP contribution in [0.1, 0.15) is 50.4 Å². The minimum atomic E-state index is -0.139. The van der Waals surface area contributed by atoms with Crippen LogP contribution in [0.4, 0.5) is 0 Å². The lowest BCUT2D eigenvalue weighted by atomic mass is 9.87. The number of ether oxygens (including phenoxy) is 1. The molecule has 1 amide bonds. The fraction of sp³-hybridized carbons (Fsp3) is 0.381. The molecule has 0 saturated carbocycles. The number of halogens is 1. The van der Waals surface area contributed by atoms with Gasteiger partial charge in [0.25, 0.3) is 5.91 Å². The highest BCUT2D eigenvalue weighted by atomic mass is 79.9. The molecule has 2 rings (SSSR count). The van der Waals surface area contributed by atoms with Crippen LogP contribution in [-0.2, 0) is 10.2 Å². The first kappa shape index (κ1) is 19.5. The molecule has 0 heterocycles. The van der Waals surface area contributed by atoms with E-state index in [1.54, 1.807) is 0 Å². The van der Waals surface area contributed by atoms with Gasteiger partial charge in [-0.15, -0.1) is 0 Å². The Hall–Kier alpha value is -1.81. The van der Waals surface area contributed by atoms with Crippen molar-refractivity contribution in [3.05, 3.63) is 63.6 Å². The molecule has 0 spiro atoms. The van der Waals surface area contributed by atoms with Crippen molar-refractivity contribution in [3.8, 4) is 5.75 Å². The number of hydrogen-bond acceptors (Lipinski definition) is 2. The Kier molecular flexibility index (Phi) is 6.28. The van der Waals surface area contributed by atoms with Gasteiger partial charge in [-0.2, -0.15) is 0 Å². The van der Waals surface area contributed by atoms with Gasteiger partial charge in [0.15, 0.2) is 6.61 Å². The van der Waals surface area contributed by atoms with Crippen molar-refractivity contribution < 1.29 is 9.53 Å². The fourth-order valence-corrected chi connectivity index (χ4v) is 2.94. The standard InChI is InChI=1S/C21H26BrNO2/c1-14-6-8-16(9-7-14)15(2)23-20(24)13-25-19-11-10-17(12-18(19)22)21(3,4)5/h6-12,15H,13H2,1-5H3,(H,23,24)/t15-/m1/s1. The fourth-order valence-electron chi connectivity index (χ4n) is 2.45. The first-order valence-electron chi connectivity index (χ1n) is 8.45. The highest BCUT2D eigenvalue weighted by Crippen LogP contribution is 2.31. The molecule has 134 valence electrons. The summed E-state index contributed by atoms with van der Waals surface area (Å²) in [4.78, 5) is 12.2. The van der Waals surface area contributed by atoms with Crippen molar-refractivity contribution in [2.24, 2.45) is 0 Å². The monoisotopic (exact) mass is 403 g/mol. The van der Waals surface area contributed by atoms with Gasteiger partial charge in [-0.1, -0.05) is 56.7 Å². The normalized spacial score (nSPS) is 12.6. The summed E-state index contributed by atoms with van der Waals surface area (Å²) in [7, 11) is 0. The van der Waals surface area contributed by atoms with Crippen LogP contribution in [0.15, 0.2) is 46.9 Å². The predicted octanol–water partition coefficient (Wildman–Crippen LogP) is 5.31. The second-order valence-electron chi connectivity index (χ2n) is 7.38. The summed E-state index contributed by atoms with van der Waals surface area (Å²) in [6.45, 7) is 10.5. The molecule has 0 aliphatic rings. The highest BCUT2D eigenvalue weighted by molar-refractivity contribution is 9.10. The maximum absolute atomic E-state index is 12.2. The van der Waals surface area contributed by atoms with Crippen molar-refractivity contribution in [3.63, 3.8) is 0 Å². The van der Waals surface area contributed by atoms with Crippen molar-refractivity contribution in [2.45, 2.75) is 46.1 Å². The Morgan fingerprint density at radius 2 is 1.80 bits per heavy atom. The zero-order valence-corrected chi connectivity index (χ0v) is 17.1. The lowest BCUT2D eigenvalue weighted by molar-refractivity contribution is -0.123. The maximum atomic E-state index is 12.2. The van der Waals surface area contributed by atoms with Gasteiger partial charge in [0.05, 0.1) is 10.5 Å². The van der Waals surface area contributed by atoms with Crippen molar-refractivity contribution in [1.29, 1.82) is 0 Å². The average molecular weight is 404 g/mol. The van der Waals surface area contributed by atoms with E-state index in [-0.39, 0.29) is 24.0 Å². The van der Waals surface area contributed by atoms with Gasteiger partial charge in [0.1, 0.15) is 5.75 Å². The molecule has 0 saturated heterocycles. The molecule has 0 radical (unpaired) electrons. The number of rotatable bonds is 5. The molecule has 0 aliphatic heterocycles. The highest BCUT2D eigenvalue weighted by Gasteiger charge is 2.16. The lowest BCUT2D eigenvalue weighted by Crippen LogP contribution is -2.31. The molecule has 0 fully saturated rings. The Labute approximate surface area is 158 Å². The van der Waals surface area contributed by atoms with Gasteiger partial charge < -0.3 is 10.1 Å². The third-order valence-electron chi connectivity index (χ3n) is 4.11. The Morgan fingerprint density at radius 3 is 2.36 bits per heavy atom. The molecule has 2 aromatic carbocycles. The van der Waals surface area contributed by atoms with Crippen LogP contribution in [-0.4, -0.2) is 12.5 Å². The van der Waals surface area contributed by atoms with Gasteiger partial charge in [-0.05, 0) is 58.5 Å². The quantitative estimate of drug-likeness (QED) is 0.733. The summed E-state index contributed by atoms with van der Waals surface area (Å²) in [6, 6.07) is 14.1. The van der Waals surface area contributed by atoms with Crippen LogP contribution >= 0.6 is 15.9 Å². The van der Waals surface area contributed by atoms with Crippen LogP contribution < -0.4 is 10.1 Å². The largest absolute Gasteiger partial charge is 0.483 e. The first-order valence-corrected chi connectivity index (χ1v) is 9.25. The van der Waals surface area contributed by atoms with Crippen LogP contribution in [0, 0.1) is 6.92 Å². The van der Waals surface area contributed by atoms with E-state index < -0.39 is 0 Å². The molecule has 0 unspecified atom stereocenters. The second kappa shape index (κ2) is 8.05. The van der Waals surface area contributed by atoms with E-state index >= 15 is 0 Å². The Morgan fingerprint density at radius 1 is 1.16 bits per heavy atom. The zero-order chi connectivity index (χ0) is 18.6. The molecule has 0 bridgehead atoms.